The Morgan fingerprint density at radius 2 is 2.14 bits per heavy atom. The van der Waals surface area contributed by atoms with Crippen molar-refractivity contribution in [2.75, 3.05) is 18.6 Å². The maximum atomic E-state index is 11.7. The summed E-state index contributed by atoms with van der Waals surface area (Å²) in [6, 6.07) is 2.93. The lowest BCUT2D eigenvalue weighted by atomic mass is 10.4. The van der Waals surface area contributed by atoms with Crippen LogP contribution in [0.1, 0.15) is 22.4 Å². The fourth-order valence-corrected chi connectivity index (χ4v) is 2.75. The van der Waals surface area contributed by atoms with Crippen LogP contribution in [0, 0.1) is 10.1 Å². The highest BCUT2D eigenvalue weighted by Crippen LogP contribution is 2.37. The van der Waals surface area contributed by atoms with E-state index in [2.05, 4.69) is 9.97 Å². The highest BCUT2D eigenvalue weighted by Gasteiger charge is 2.26. The average molecular weight is 322 g/mol. The Labute approximate surface area is 130 Å². The molecule has 0 fully saturated rings. The zero-order valence-electron chi connectivity index (χ0n) is 12.1. The third-order valence-electron chi connectivity index (χ3n) is 2.71. The summed E-state index contributed by atoms with van der Waals surface area (Å²) in [5.74, 6) is -0.0309. The van der Waals surface area contributed by atoms with E-state index in [1.807, 2.05) is 0 Å². The number of hydrogen-bond donors (Lipinski definition) is 0. The Hall–Kier alpha value is -2.55. The molecule has 116 valence electrons. The molecule has 0 amide bonds. The van der Waals surface area contributed by atoms with Crippen molar-refractivity contribution in [1.29, 1.82) is 0 Å². The number of carbonyl (C=O) groups is 1. The van der Waals surface area contributed by atoms with Gasteiger partial charge in [-0.05, 0) is 13.0 Å². The molecule has 0 aliphatic carbocycles. The molecule has 8 nitrogen and oxygen atoms in total. The van der Waals surface area contributed by atoms with Gasteiger partial charge >= 0.3 is 11.7 Å². The molecule has 0 atom stereocenters. The minimum Gasteiger partial charge on any atom is -0.462 e. The van der Waals surface area contributed by atoms with E-state index in [-0.39, 0.29) is 17.2 Å². The summed E-state index contributed by atoms with van der Waals surface area (Å²) in [6.07, 6.45) is 3.20. The molecule has 2 rings (SSSR count). The summed E-state index contributed by atoms with van der Waals surface area (Å²) < 4.78 is 4.88. The van der Waals surface area contributed by atoms with Crippen LogP contribution >= 0.6 is 11.3 Å². The van der Waals surface area contributed by atoms with Crippen LogP contribution in [-0.4, -0.2) is 34.5 Å². The van der Waals surface area contributed by atoms with Crippen molar-refractivity contribution < 1.29 is 14.5 Å². The number of aromatic nitrogens is 2. The molecule has 2 aromatic heterocycles. The van der Waals surface area contributed by atoms with Crippen LogP contribution in [-0.2, 0) is 11.3 Å². The number of ether oxygens (including phenoxy) is 1. The van der Waals surface area contributed by atoms with E-state index in [1.54, 1.807) is 37.3 Å². The molecule has 0 radical (unpaired) electrons. The van der Waals surface area contributed by atoms with Crippen molar-refractivity contribution >= 4 is 28.0 Å². The second-order valence-electron chi connectivity index (χ2n) is 4.30. The Morgan fingerprint density at radius 1 is 1.45 bits per heavy atom. The van der Waals surface area contributed by atoms with Gasteiger partial charge in [0.1, 0.15) is 10.7 Å². The van der Waals surface area contributed by atoms with Crippen LogP contribution in [0.2, 0.25) is 0 Å². The quantitative estimate of drug-likeness (QED) is 0.457. The van der Waals surface area contributed by atoms with Gasteiger partial charge in [0, 0.05) is 25.5 Å². The smallest absolute Gasteiger partial charge is 0.348 e. The zero-order chi connectivity index (χ0) is 16.1. The van der Waals surface area contributed by atoms with E-state index in [4.69, 9.17) is 4.74 Å². The Morgan fingerprint density at radius 3 is 2.73 bits per heavy atom. The molecule has 0 aliphatic rings. The second-order valence-corrected chi connectivity index (χ2v) is 5.33. The first-order valence-corrected chi connectivity index (χ1v) is 7.27. The zero-order valence-corrected chi connectivity index (χ0v) is 12.9. The topological polar surface area (TPSA) is 98.5 Å². The first-order chi connectivity index (χ1) is 10.5. The highest BCUT2D eigenvalue weighted by atomic mass is 32.1. The molecule has 2 heterocycles. The summed E-state index contributed by atoms with van der Waals surface area (Å²) in [4.78, 5) is 32.4. The van der Waals surface area contributed by atoms with Crippen LogP contribution in [0.15, 0.2) is 24.5 Å². The number of nitrogens with zero attached hydrogens (tertiary/aromatic N) is 4. The molecule has 2 aromatic rings. The highest BCUT2D eigenvalue weighted by molar-refractivity contribution is 7.18. The number of thiophene rings is 1. The van der Waals surface area contributed by atoms with Crippen molar-refractivity contribution in [3.63, 3.8) is 0 Å². The van der Waals surface area contributed by atoms with Crippen LogP contribution in [0.4, 0.5) is 10.7 Å². The molecule has 0 saturated heterocycles. The van der Waals surface area contributed by atoms with Crippen LogP contribution < -0.4 is 4.90 Å². The van der Waals surface area contributed by atoms with Crippen LogP contribution in [0.25, 0.3) is 0 Å². The third kappa shape index (κ3) is 3.55. The van der Waals surface area contributed by atoms with Crippen molar-refractivity contribution in [2.24, 2.45) is 0 Å². The molecule has 0 aliphatic heterocycles. The largest absolute Gasteiger partial charge is 0.462 e. The fraction of sp³-hybridized carbons (Fsp3) is 0.308. The summed E-state index contributed by atoms with van der Waals surface area (Å²) in [7, 11) is 1.68. The molecule has 22 heavy (non-hydrogen) atoms. The minimum absolute atomic E-state index is 0.133. The predicted molar refractivity (Wildman–Crippen MR) is 81.1 cm³/mol. The summed E-state index contributed by atoms with van der Waals surface area (Å²) >= 11 is 1.02. The van der Waals surface area contributed by atoms with Gasteiger partial charge in [-0.15, -0.1) is 11.3 Å². The van der Waals surface area contributed by atoms with Gasteiger partial charge in [0.25, 0.3) is 0 Å². The fourth-order valence-electron chi connectivity index (χ4n) is 1.77. The Balaban J connectivity index is 2.28. The van der Waals surface area contributed by atoms with Gasteiger partial charge in [-0.3, -0.25) is 10.1 Å². The van der Waals surface area contributed by atoms with E-state index in [9.17, 15) is 14.9 Å². The van der Waals surface area contributed by atoms with Crippen molar-refractivity contribution in [1.82, 2.24) is 9.97 Å². The lowest BCUT2D eigenvalue weighted by molar-refractivity contribution is -0.383. The Bertz CT molecular complexity index is 674. The molecule has 0 saturated carbocycles. The van der Waals surface area contributed by atoms with Gasteiger partial charge in [-0.25, -0.2) is 14.8 Å². The van der Waals surface area contributed by atoms with Crippen LogP contribution in [0.5, 0.6) is 0 Å². The predicted octanol–water partition coefficient (Wildman–Crippen LogP) is 2.26. The standard InChI is InChI=1S/C13H14N4O4S/c1-3-21-13(18)10-7-9(17(19)20)12(22-10)16(2)8-11-14-5-4-6-15-11/h4-7H,3,8H2,1-2H3. The van der Waals surface area contributed by atoms with Gasteiger partial charge in [0.05, 0.1) is 18.1 Å². The molecule has 0 aromatic carbocycles. The lowest BCUT2D eigenvalue weighted by Crippen LogP contribution is -2.17. The molecule has 0 bridgehead atoms. The number of hydrogen-bond acceptors (Lipinski definition) is 8. The number of anilines is 1. The lowest BCUT2D eigenvalue weighted by Gasteiger charge is -2.15. The molecular formula is C13H14N4O4S. The SMILES string of the molecule is CCOC(=O)c1cc([N+](=O)[O-])c(N(C)Cc2ncccn2)s1. The van der Waals surface area contributed by atoms with E-state index in [0.29, 0.717) is 17.4 Å². The maximum absolute atomic E-state index is 11.7. The van der Waals surface area contributed by atoms with E-state index < -0.39 is 10.9 Å². The molecule has 0 unspecified atom stereocenters. The van der Waals surface area contributed by atoms with Gasteiger partial charge in [0.15, 0.2) is 5.00 Å². The normalized spacial score (nSPS) is 10.3. The first-order valence-electron chi connectivity index (χ1n) is 6.45. The maximum Gasteiger partial charge on any atom is 0.348 e. The van der Waals surface area contributed by atoms with Gasteiger partial charge < -0.3 is 9.64 Å². The van der Waals surface area contributed by atoms with E-state index in [1.165, 1.54) is 6.07 Å². The van der Waals surface area contributed by atoms with Crippen molar-refractivity contribution in [2.45, 2.75) is 13.5 Å². The molecule has 9 heteroatoms. The van der Waals surface area contributed by atoms with Gasteiger partial charge in [-0.2, -0.15) is 0 Å². The number of carbonyl (C=O) groups excluding carboxylic acids is 1. The summed E-state index contributed by atoms with van der Waals surface area (Å²) in [6.45, 7) is 2.19. The van der Waals surface area contributed by atoms with Crippen molar-refractivity contribution in [3.05, 3.63) is 45.3 Å². The van der Waals surface area contributed by atoms with E-state index in [0.717, 1.165) is 11.3 Å². The Kier molecular flexibility index (Phi) is 4.99. The molecule has 0 spiro atoms. The number of nitro groups is 1. The average Bonchev–Trinajstić information content (AvgIpc) is 2.94. The van der Waals surface area contributed by atoms with Gasteiger partial charge in [0.2, 0.25) is 0 Å². The summed E-state index contributed by atoms with van der Waals surface area (Å²) in [5, 5.41) is 11.5. The molecular weight excluding hydrogens is 308 g/mol. The monoisotopic (exact) mass is 322 g/mol. The molecule has 0 N–H and O–H groups in total. The van der Waals surface area contributed by atoms with Gasteiger partial charge in [-0.1, -0.05) is 0 Å². The second kappa shape index (κ2) is 6.94. The van der Waals surface area contributed by atoms with Crippen LogP contribution in [0.3, 0.4) is 0 Å². The third-order valence-corrected chi connectivity index (χ3v) is 3.93. The number of esters is 1. The number of rotatable bonds is 6. The first kappa shape index (κ1) is 15.8. The minimum atomic E-state index is -0.564. The summed E-state index contributed by atoms with van der Waals surface area (Å²) in [5.41, 5.74) is -0.133. The van der Waals surface area contributed by atoms with E-state index >= 15 is 0 Å². The van der Waals surface area contributed by atoms with Crippen molar-refractivity contribution in [3.8, 4) is 0 Å².